The van der Waals surface area contributed by atoms with Crippen LogP contribution in [0.5, 0.6) is 11.5 Å². The molecule has 1 heterocycles. The number of benzene rings is 2. The van der Waals surface area contributed by atoms with E-state index >= 15 is 0 Å². The van der Waals surface area contributed by atoms with Crippen LogP contribution in [0.3, 0.4) is 0 Å². The number of hydrogen-bond acceptors (Lipinski definition) is 6. The van der Waals surface area contributed by atoms with Crippen LogP contribution in [0.25, 0.3) is 6.08 Å². The van der Waals surface area contributed by atoms with Crippen molar-refractivity contribution in [3.05, 3.63) is 74.8 Å². The summed E-state index contributed by atoms with van der Waals surface area (Å²) >= 11 is 7.58. The summed E-state index contributed by atoms with van der Waals surface area (Å²) in [5.74, 6) is 0.670. The van der Waals surface area contributed by atoms with Crippen molar-refractivity contribution in [1.82, 2.24) is 4.98 Å². The number of aromatic nitrogens is 1. The number of methoxy groups -OCH3 is 1. The van der Waals surface area contributed by atoms with Crippen molar-refractivity contribution in [2.45, 2.75) is 46.0 Å². The monoisotopic (exact) mass is 523 g/mol. The first-order chi connectivity index (χ1) is 17.4. The van der Waals surface area contributed by atoms with E-state index in [1.807, 2.05) is 31.2 Å². The van der Waals surface area contributed by atoms with E-state index in [0.29, 0.717) is 35.2 Å². The predicted octanol–water partition coefficient (Wildman–Crippen LogP) is 7.21. The summed E-state index contributed by atoms with van der Waals surface area (Å²) in [6, 6.07) is 13.2. The van der Waals surface area contributed by atoms with Crippen LogP contribution in [0.1, 0.15) is 54.2 Å². The van der Waals surface area contributed by atoms with Crippen LogP contribution < -0.4 is 14.8 Å². The number of thiazole rings is 1. The number of aryl methyl sites for hydroxylation is 1. The van der Waals surface area contributed by atoms with Gasteiger partial charge in [0.05, 0.1) is 13.7 Å². The molecule has 0 saturated heterocycles. The highest BCUT2D eigenvalue weighted by Crippen LogP contribution is 2.29. The molecule has 0 aliphatic rings. The van der Waals surface area contributed by atoms with Gasteiger partial charge in [0, 0.05) is 22.5 Å². The van der Waals surface area contributed by atoms with Crippen molar-refractivity contribution < 1.29 is 14.3 Å². The summed E-state index contributed by atoms with van der Waals surface area (Å²) in [7, 11) is 1.56. The fourth-order valence-electron chi connectivity index (χ4n) is 3.48. The Morgan fingerprint density at radius 2 is 2.03 bits per heavy atom. The molecular formula is C28H30ClN3O3S. The van der Waals surface area contributed by atoms with Gasteiger partial charge in [-0.3, -0.25) is 10.1 Å². The summed E-state index contributed by atoms with van der Waals surface area (Å²) in [6.07, 6.45) is 8.36. The lowest BCUT2D eigenvalue weighted by Crippen LogP contribution is -2.13. The Bertz CT molecular complexity index is 1260. The van der Waals surface area contributed by atoms with Gasteiger partial charge in [0.2, 0.25) is 0 Å². The zero-order valence-electron chi connectivity index (χ0n) is 20.8. The van der Waals surface area contributed by atoms with Gasteiger partial charge in [-0.25, -0.2) is 4.98 Å². The summed E-state index contributed by atoms with van der Waals surface area (Å²) in [6.45, 7) is 4.74. The summed E-state index contributed by atoms with van der Waals surface area (Å²) in [5.41, 5.74) is 2.71. The smallest absolute Gasteiger partial charge is 0.268 e. The lowest BCUT2D eigenvalue weighted by molar-refractivity contribution is -0.112. The number of unbranched alkanes of at least 4 members (excludes halogenated alkanes) is 3. The molecule has 0 aliphatic carbocycles. The third-order valence-electron chi connectivity index (χ3n) is 5.51. The molecule has 2 aromatic carbocycles. The number of carbonyl (C=O) groups excluding carboxylic acids is 1. The van der Waals surface area contributed by atoms with E-state index in [4.69, 9.17) is 21.1 Å². The van der Waals surface area contributed by atoms with E-state index in [2.05, 4.69) is 17.2 Å². The maximum Gasteiger partial charge on any atom is 0.268 e. The molecule has 188 valence electrons. The van der Waals surface area contributed by atoms with Crippen molar-refractivity contribution >= 4 is 40.1 Å². The fraction of sp³-hybridized carbons (Fsp3) is 0.321. The zero-order valence-corrected chi connectivity index (χ0v) is 22.3. The largest absolute Gasteiger partial charge is 0.493 e. The molecule has 0 bridgehead atoms. The Morgan fingerprint density at radius 1 is 1.19 bits per heavy atom. The van der Waals surface area contributed by atoms with Crippen LogP contribution in [-0.4, -0.2) is 24.6 Å². The van der Waals surface area contributed by atoms with E-state index in [1.165, 1.54) is 30.3 Å². The van der Waals surface area contributed by atoms with Gasteiger partial charge in [-0.15, -0.1) is 11.3 Å². The minimum absolute atomic E-state index is 0.0349. The quantitative estimate of drug-likeness (QED) is 0.154. The number of halogens is 1. The van der Waals surface area contributed by atoms with Crippen molar-refractivity contribution in [2.75, 3.05) is 19.0 Å². The maximum absolute atomic E-state index is 12.7. The summed E-state index contributed by atoms with van der Waals surface area (Å²) in [5, 5.41) is 13.5. The van der Waals surface area contributed by atoms with Gasteiger partial charge in [-0.2, -0.15) is 5.26 Å². The van der Waals surface area contributed by atoms with E-state index in [9.17, 15) is 10.1 Å². The minimum Gasteiger partial charge on any atom is -0.493 e. The second-order valence-corrected chi connectivity index (χ2v) is 9.86. The molecule has 0 saturated carbocycles. The van der Waals surface area contributed by atoms with Crippen LogP contribution >= 0.6 is 22.9 Å². The van der Waals surface area contributed by atoms with Crippen LogP contribution in [-0.2, 0) is 11.2 Å². The molecule has 0 atom stereocenters. The number of anilines is 1. The molecule has 0 spiro atoms. The Morgan fingerprint density at radius 3 is 2.75 bits per heavy atom. The van der Waals surface area contributed by atoms with Gasteiger partial charge in [0.25, 0.3) is 5.91 Å². The highest BCUT2D eigenvalue weighted by molar-refractivity contribution is 7.15. The predicted molar refractivity (Wildman–Crippen MR) is 146 cm³/mol. The standard InChI is InChI=1S/C28H30ClN3O3S/c1-4-5-6-7-12-35-25-11-10-20(16-26(25)34-3)13-22(17-30)27(33)32-28-31-18-23(36-28)14-21-9-8-19(2)24(29)15-21/h8-11,13,15-16,18H,4-7,12,14H2,1-3H3,(H,31,32,33)/b22-13+. The zero-order chi connectivity index (χ0) is 25.9. The van der Waals surface area contributed by atoms with Crippen molar-refractivity contribution in [3.63, 3.8) is 0 Å². The van der Waals surface area contributed by atoms with Crippen LogP contribution in [0, 0.1) is 18.3 Å². The minimum atomic E-state index is -0.521. The van der Waals surface area contributed by atoms with E-state index < -0.39 is 5.91 Å². The average Bonchev–Trinajstić information content (AvgIpc) is 3.31. The van der Waals surface area contributed by atoms with E-state index in [1.54, 1.807) is 31.5 Å². The number of nitrogens with one attached hydrogen (secondary N) is 1. The second kappa shape index (κ2) is 13.7. The fourth-order valence-corrected chi connectivity index (χ4v) is 4.52. The number of rotatable bonds is 12. The highest BCUT2D eigenvalue weighted by atomic mass is 35.5. The number of nitrogens with zero attached hydrogens (tertiary/aromatic N) is 2. The Balaban J connectivity index is 1.64. The molecule has 1 amide bonds. The molecule has 0 fully saturated rings. The topological polar surface area (TPSA) is 84.2 Å². The van der Waals surface area contributed by atoms with Gasteiger partial charge < -0.3 is 9.47 Å². The molecular weight excluding hydrogens is 494 g/mol. The Hall–Kier alpha value is -3.34. The molecule has 6 nitrogen and oxygen atoms in total. The van der Waals surface area contributed by atoms with Crippen molar-refractivity contribution in [3.8, 4) is 17.6 Å². The average molecular weight is 524 g/mol. The normalized spacial score (nSPS) is 11.1. The molecule has 0 aliphatic heterocycles. The number of carbonyl (C=O) groups is 1. The first-order valence-corrected chi connectivity index (χ1v) is 13.1. The van der Waals surface area contributed by atoms with Gasteiger partial charge >= 0.3 is 0 Å². The molecule has 8 heteroatoms. The lowest BCUT2D eigenvalue weighted by atomic mass is 10.1. The van der Waals surface area contributed by atoms with Crippen LogP contribution in [0.4, 0.5) is 5.13 Å². The van der Waals surface area contributed by atoms with Gasteiger partial charge in [-0.1, -0.05) is 56.0 Å². The highest BCUT2D eigenvalue weighted by Gasteiger charge is 2.14. The SMILES string of the molecule is CCCCCCOc1ccc(/C=C(\C#N)C(=O)Nc2ncc(Cc3ccc(C)c(Cl)c3)s2)cc1OC. The number of amides is 1. The second-order valence-electron chi connectivity index (χ2n) is 8.34. The molecule has 1 aromatic heterocycles. The van der Waals surface area contributed by atoms with Gasteiger partial charge in [0.1, 0.15) is 11.6 Å². The summed E-state index contributed by atoms with van der Waals surface area (Å²) < 4.78 is 11.3. The number of hydrogen-bond donors (Lipinski definition) is 1. The maximum atomic E-state index is 12.7. The van der Waals surface area contributed by atoms with Gasteiger partial charge in [-0.05, 0) is 54.3 Å². The number of ether oxygens (including phenoxy) is 2. The Labute approximate surface area is 221 Å². The van der Waals surface area contributed by atoms with Gasteiger partial charge in [0.15, 0.2) is 16.6 Å². The van der Waals surface area contributed by atoms with E-state index in [-0.39, 0.29) is 5.57 Å². The third kappa shape index (κ3) is 7.84. The molecule has 0 radical (unpaired) electrons. The van der Waals surface area contributed by atoms with Crippen molar-refractivity contribution in [1.29, 1.82) is 5.26 Å². The first-order valence-electron chi connectivity index (χ1n) is 11.9. The Kier molecular flexibility index (Phi) is 10.3. The summed E-state index contributed by atoms with van der Waals surface area (Å²) in [4.78, 5) is 18.0. The van der Waals surface area contributed by atoms with Crippen LogP contribution in [0.15, 0.2) is 48.2 Å². The molecule has 0 unspecified atom stereocenters. The molecule has 1 N–H and O–H groups in total. The first kappa shape index (κ1) is 27.3. The van der Waals surface area contributed by atoms with Crippen LogP contribution in [0.2, 0.25) is 5.02 Å². The molecule has 3 aromatic rings. The third-order valence-corrected chi connectivity index (χ3v) is 6.83. The lowest BCUT2D eigenvalue weighted by Gasteiger charge is -2.11. The number of nitriles is 1. The van der Waals surface area contributed by atoms with E-state index in [0.717, 1.165) is 33.9 Å². The van der Waals surface area contributed by atoms with Crippen molar-refractivity contribution in [2.24, 2.45) is 0 Å². The molecule has 3 rings (SSSR count). The molecule has 36 heavy (non-hydrogen) atoms.